The van der Waals surface area contributed by atoms with Crippen LogP contribution in [0.25, 0.3) is 0 Å². The number of aliphatic hydroxyl groups is 1. The van der Waals surface area contributed by atoms with Crippen LogP contribution >= 0.6 is 0 Å². The van der Waals surface area contributed by atoms with Crippen molar-refractivity contribution in [3.8, 4) is 0 Å². The molecule has 0 radical (unpaired) electrons. The van der Waals surface area contributed by atoms with Crippen LogP contribution in [0.4, 0.5) is 0 Å². The molecule has 0 amide bonds. The van der Waals surface area contributed by atoms with E-state index >= 15 is 0 Å². The molecule has 0 aromatic heterocycles. The lowest BCUT2D eigenvalue weighted by Crippen LogP contribution is -2.31. The molecular weight excluding hydrogens is 144 g/mol. The number of hydrogen-bond donors (Lipinski definition) is 1. The quantitative estimate of drug-likeness (QED) is 0.572. The van der Waals surface area contributed by atoms with Gasteiger partial charge in [0.25, 0.3) is 0 Å². The SMILES string of the molecule is COC(=O)C1CCCCC1O. The van der Waals surface area contributed by atoms with Gasteiger partial charge in [-0.25, -0.2) is 0 Å². The largest absolute Gasteiger partial charge is 0.469 e. The molecule has 1 fully saturated rings. The first-order valence-electron chi connectivity index (χ1n) is 4.01. The third-order valence-corrected chi connectivity index (χ3v) is 2.23. The first-order valence-corrected chi connectivity index (χ1v) is 4.01. The van der Waals surface area contributed by atoms with E-state index in [0.717, 1.165) is 25.7 Å². The van der Waals surface area contributed by atoms with Crippen LogP contribution in [0.15, 0.2) is 0 Å². The lowest BCUT2D eigenvalue weighted by Gasteiger charge is -2.24. The van der Waals surface area contributed by atoms with Gasteiger partial charge in [-0.3, -0.25) is 4.79 Å². The molecule has 1 N–H and O–H groups in total. The fourth-order valence-corrected chi connectivity index (χ4v) is 1.54. The monoisotopic (exact) mass is 158 g/mol. The summed E-state index contributed by atoms with van der Waals surface area (Å²) >= 11 is 0. The number of hydrogen-bond acceptors (Lipinski definition) is 3. The predicted molar refractivity (Wildman–Crippen MR) is 40.0 cm³/mol. The molecule has 1 rings (SSSR count). The summed E-state index contributed by atoms with van der Waals surface area (Å²) in [4.78, 5) is 11.0. The number of aliphatic hydroxyl groups excluding tert-OH is 1. The highest BCUT2D eigenvalue weighted by molar-refractivity contribution is 5.73. The van der Waals surface area contributed by atoms with Gasteiger partial charge in [0.2, 0.25) is 0 Å². The Bertz CT molecular complexity index is 144. The van der Waals surface area contributed by atoms with E-state index in [-0.39, 0.29) is 11.9 Å². The van der Waals surface area contributed by atoms with Gasteiger partial charge in [-0.2, -0.15) is 0 Å². The summed E-state index contributed by atoms with van der Waals surface area (Å²) in [6.07, 6.45) is 3.08. The van der Waals surface area contributed by atoms with E-state index in [0.29, 0.717) is 0 Å². The molecule has 2 atom stereocenters. The van der Waals surface area contributed by atoms with Crippen LogP contribution in [0.2, 0.25) is 0 Å². The Morgan fingerprint density at radius 1 is 1.45 bits per heavy atom. The second kappa shape index (κ2) is 3.72. The first-order chi connectivity index (χ1) is 5.25. The van der Waals surface area contributed by atoms with E-state index in [2.05, 4.69) is 4.74 Å². The van der Waals surface area contributed by atoms with Gasteiger partial charge in [0.1, 0.15) is 0 Å². The molecule has 0 saturated heterocycles. The van der Waals surface area contributed by atoms with Crippen molar-refractivity contribution in [3.63, 3.8) is 0 Å². The molecule has 64 valence electrons. The van der Waals surface area contributed by atoms with Crippen molar-refractivity contribution in [2.24, 2.45) is 5.92 Å². The van der Waals surface area contributed by atoms with Gasteiger partial charge in [0.05, 0.1) is 19.1 Å². The zero-order valence-electron chi connectivity index (χ0n) is 6.75. The van der Waals surface area contributed by atoms with Crippen LogP contribution in [-0.4, -0.2) is 24.3 Å². The normalized spacial score (nSPS) is 31.5. The molecule has 0 spiro atoms. The topological polar surface area (TPSA) is 46.5 Å². The van der Waals surface area contributed by atoms with Crippen LogP contribution in [0.3, 0.4) is 0 Å². The predicted octanol–water partition coefficient (Wildman–Crippen LogP) is 0.710. The van der Waals surface area contributed by atoms with Gasteiger partial charge in [0.15, 0.2) is 0 Å². The summed E-state index contributed by atoms with van der Waals surface area (Å²) in [5.74, 6) is -0.536. The van der Waals surface area contributed by atoms with Gasteiger partial charge in [0, 0.05) is 0 Å². The molecule has 3 heteroatoms. The number of methoxy groups -OCH3 is 1. The molecule has 0 aromatic rings. The Balaban J connectivity index is 2.47. The second-order valence-electron chi connectivity index (χ2n) is 2.98. The van der Waals surface area contributed by atoms with E-state index < -0.39 is 6.10 Å². The molecule has 11 heavy (non-hydrogen) atoms. The molecule has 3 nitrogen and oxygen atoms in total. The summed E-state index contributed by atoms with van der Waals surface area (Å²) < 4.78 is 4.56. The Labute approximate surface area is 66.4 Å². The Morgan fingerprint density at radius 2 is 2.09 bits per heavy atom. The van der Waals surface area contributed by atoms with Crippen molar-refractivity contribution in [3.05, 3.63) is 0 Å². The fourth-order valence-electron chi connectivity index (χ4n) is 1.54. The van der Waals surface area contributed by atoms with Gasteiger partial charge in [-0.15, -0.1) is 0 Å². The highest BCUT2D eigenvalue weighted by Crippen LogP contribution is 2.24. The Kier molecular flexibility index (Phi) is 2.88. The Hall–Kier alpha value is -0.570. The minimum Gasteiger partial charge on any atom is -0.469 e. The number of rotatable bonds is 1. The molecule has 1 aliphatic carbocycles. The summed E-state index contributed by atoms with van der Waals surface area (Å²) in [6.45, 7) is 0. The Morgan fingerprint density at radius 3 is 2.64 bits per heavy atom. The standard InChI is InChI=1S/C8H14O3/c1-11-8(10)6-4-2-3-5-7(6)9/h6-7,9H,2-5H2,1H3. The average Bonchev–Trinajstić information content (AvgIpc) is 2.04. The molecule has 0 heterocycles. The van der Waals surface area contributed by atoms with E-state index in [1.54, 1.807) is 0 Å². The van der Waals surface area contributed by atoms with Crippen LogP contribution in [0.5, 0.6) is 0 Å². The minimum atomic E-state index is -0.476. The highest BCUT2D eigenvalue weighted by atomic mass is 16.5. The molecule has 0 aromatic carbocycles. The molecule has 1 saturated carbocycles. The lowest BCUT2D eigenvalue weighted by atomic mass is 9.87. The third kappa shape index (κ3) is 1.93. The third-order valence-electron chi connectivity index (χ3n) is 2.23. The number of carbonyl (C=O) groups is 1. The van der Waals surface area contributed by atoms with E-state index in [1.165, 1.54) is 7.11 Å². The molecule has 2 unspecified atom stereocenters. The smallest absolute Gasteiger partial charge is 0.311 e. The van der Waals surface area contributed by atoms with Crippen molar-refractivity contribution < 1.29 is 14.6 Å². The van der Waals surface area contributed by atoms with Crippen LogP contribution in [0, 0.1) is 5.92 Å². The van der Waals surface area contributed by atoms with Gasteiger partial charge in [-0.05, 0) is 12.8 Å². The molecular formula is C8H14O3. The summed E-state index contributed by atoms with van der Waals surface area (Å²) in [6, 6.07) is 0. The first kappa shape index (κ1) is 8.53. The zero-order chi connectivity index (χ0) is 8.27. The fraction of sp³-hybridized carbons (Fsp3) is 0.875. The zero-order valence-corrected chi connectivity index (χ0v) is 6.75. The van der Waals surface area contributed by atoms with Crippen LogP contribution in [-0.2, 0) is 9.53 Å². The van der Waals surface area contributed by atoms with Gasteiger partial charge >= 0.3 is 5.97 Å². The lowest BCUT2D eigenvalue weighted by molar-refractivity contribution is -0.151. The summed E-state index contributed by atoms with van der Waals surface area (Å²) in [5, 5.41) is 9.37. The van der Waals surface area contributed by atoms with Crippen molar-refractivity contribution in [1.82, 2.24) is 0 Å². The number of carbonyl (C=O) groups excluding carboxylic acids is 1. The molecule has 0 aliphatic heterocycles. The van der Waals surface area contributed by atoms with Crippen molar-refractivity contribution >= 4 is 5.97 Å². The maximum absolute atomic E-state index is 11.0. The van der Waals surface area contributed by atoms with Crippen molar-refractivity contribution in [1.29, 1.82) is 0 Å². The maximum atomic E-state index is 11.0. The average molecular weight is 158 g/mol. The van der Waals surface area contributed by atoms with E-state index in [4.69, 9.17) is 0 Å². The van der Waals surface area contributed by atoms with E-state index in [9.17, 15) is 9.90 Å². The number of esters is 1. The van der Waals surface area contributed by atoms with E-state index in [1.807, 2.05) is 0 Å². The van der Waals surface area contributed by atoms with Crippen molar-refractivity contribution in [2.75, 3.05) is 7.11 Å². The molecule has 1 aliphatic rings. The van der Waals surface area contributed by atoms with Crippen LogP contribution in [0.1, 0.15) is 25.7 Å². The maximum Gasteiger partial charge on any atom is 0.311 e. The van der Waals surface area contributed by atoms with Gasteiger partial charge in [-0.1, -0.05) is 12.8 Å². The van der Waals surface area contributed by atoms with Crippen molar-refractivity contribution in [2.45, 2.75) is 31.8 Å². The summed E-state index contributed by atoms with van der Waals surface area (Å²) in [5.41, 5.74) is 0. The second-order valence-corrected chi connectivity index (χ2v) is 2.98. The minimum absolute atomic E-state index is 0.266. The highest BCUT2D eigenvalue weighted by Gasteiger charge is 2.29. The summed E-state index contributed by atoms with van der Waals surface area (Å²) in [7, 11) is 1.36. The molecule has 0 bridgehead atoms. The number of ether oxygens (including phenoxy) is 1. The van der Waals surface area contributed by atoms with Crippen LogP contribution < -0.4 is 0 Å². The van der Waals surface area contributed by atoms with Gasteiger partial charge < -0.3 is 9.84 Å².